The zero-order chi connectivity index (χ0) is 11.5. The molecule has 0 aliphatic rings. The summed E-state index contributed by atoms with van der Waals surface area (Å²) in [5, 5.41) is 7.97. The number of aromatic nitrogens is 2. The Balaban J connectivity index is 2.24. The van der Waals surface area contributed by atoms with E-state index in [1.165, 1.54) is 5.56 Å². The standard InChI is InChI=1S/C12H15N3O/c1-8-4-3-5-10(6-8)12-15-14-11(16-12)7-9(2)13/h3-6,9H,7,13H2,1-2H3. The number of hydrogen-bond acceptors (Lipinski definition) is 4. The Hall–Kier alpha value is -1.68. The van der Waals surface area contributed by atoms with E-state index in [2.05, 4.69) is 10.2 Å². The summed E-state index contributed by atoms with van der Waals surface area (Å²) in [4.78, 5) is 0. The van der Waals surface area contributed by atoms with Gasteiger partial charge in [-0.15, -0.1) is 10.2 Å². The molecule has 0 aliphatic carbocycles. The van der Waals surface area contributed by atoms with Gasteiger partial charge in [-0.3, -0.25) is 0 Å². The number of nitrogens with zero attached hydrogens (tertiary/aromatic N) is 2. The van der Waals surface area contributed by atoms with Gasteiger partial charge in [0.15, 0.2) is 0 Å². The summed E-state index contributed by atoms with van der Waals surface area (Å²) < 4.78 is 5.53. The molecule has 84 valence electrons. The third-order valence-corrected chi connectivity index (χ3v) is 2.23. The molecule has 16 heavy (non-hydrogen) atoms. The van der Waals surface area contributed by atoms with Crippen LogP contribution in [-0.4, -0.2) is 16.2 Å². The highest BCUT2D eigenvalue weighted by atomic mass is 16.4. The predicted octanol–water partition coefficient (Wildman–Crippen LogP) is 1.93. The van der Waals surface area contributed by atoms with Gasteiger partial charge in [0.25, 0.3) is 0 Å². The largest absolute Gasteiger partial charge is 0.421 e. The molecule has 4 heteroatoms. The third kappa shape index (κ3) is 2.46. The van der Waals surface area contributed by atoms with Crippen LogP contribution in [0.4, 0.5) is 0 Å². The molecule has 2 N–H and O–H groups in total. The van der Waals surface area contributed by atoms with Gasteiger partial charge in [-0.25, -0.2) is 0 Å². The molecule has 2 aromatic rings. The van der Waals surface area contributed by atoms with Crippen LogP contribution in [0.3, 0.4) is 0 Å². The van der Waals surface area contributed by atoms with E-state index in [0.29, 0.717) is 18.2 Å². The summed E-state index contributed by atoms with van der Waals surface area (Å²) in [6.07, 6.45) is 0.610. The van der Waals surface area contributed by atoms with E-state index in [1.807, 2.05) is 38.1 Å². The van der Waals surface area contributed by atoms with Crippen molar-refractivity contribution in [2.75, 3.05) is 0 Å². The van der Waals surface area contributed by atoms with Crippen LogP contribution >= 0.6 is 0 Å². The lowest BCUT2D eigenvalue weighted by atomic mass is 10.1. The normalized spacial score (nSPS) is 12.7. The zero-order valence-corrected chi connectivity index (χ0v) is 9.47. The highest BCUT2D eigenvalue weighted by molar-refractivity contribution is 5.53. The Bertz CT molecular complexity index is 477. The molecule has 4 nitrogen and oxygen atoms in total. The predicted molar refractivity (Wildman–Crippen MR) is 61.8 cm³/mol. The second-order valence-corrected chi connectivity index (χ2v) is 4.05. The number of hydrogen-bond donors (Lipinski definition) is 1. The van der Waals surface area contributed by atoms with Crippen molar-refractivity contribution in [3.05, 3.63) is 35.7 Å². The number of benzene rings is 1. The van der Waals surface area contributed by atoms with E-state index >= 15 is 0 Å². The molecule has 1 unspecified atom stereocenters. The minimum atomic E-state index is 0.0332. The summed E-state index contributed by atoms with van der Waals surface area (Å²) in [7, 11) is 0. The topological polar surface area (TPSA) is 64.9 Å². The lowest BCUT2D eigenvalue weighted by Gasteiger charge is -1.98. The smallest absolute Gasteiger partial charge is 0.247 e. The summed E-state index contributed by atoms with van der Waals surface area (Å²) in [6, 6.07) is 8.01. The maximum atomic E-state index is 5.67. The highest BCUT2D eigenvalue weighted by Gasteiger charge is 2.09. The quantitative estimate of drug-likeness (QED) is 0.853. The van der Waals surface area contributed by atoms with Crippen LogP contribution in [0.1, 0.15) is 18.4 Å². The molecule has 1 aromatic carbocycles. The highest BCUT2D eigenvalue weighted by Crippen LogP contribution is 2.18. The van der Waals surface area contributed by atoms with Crippen molar-refractivity contribution in [1.29, 1.82) is 0 Å². The molecule has 0 amide bonds. The molecule has 1 aromatic heterocycles. The average molecular weight is 217 g/mol. The second-order valence-electron chi connectivity index (χ2n) is 4.05. The maximum Gasteiger partial charge on any atom is 0.247 e. The molecule has 0 radical (unpaired) electrons. The Morgan fingerprint density at radius 1 is 1.38 bits per heavy atom. The number of aryl methyl sites for hydroxylation is 1. The maximum absolute atomic E-state index is 5.67. The Labute approximate surface area is 94.5 Å². The van der Waals surface area contributed by atoms with Gasteiger partial charge in [-0.1, -0.05) is 17.7 Å². The van der Waals surface area contributed by atoms with Gasteiger partial charge in [0.1, 0.15) is 0 Å². The van der Waals surface area contributed by atoms with Crippen LogP contribution in [0.25, 0.3) is 11.5 Å². The van der Waals surface area contributed by atoms with Crippen LogP contribution in [0.5, 0.6) is 0 Å². The van der Waals surface area contributed by atoms with Gasteiger partial charge in [0.05, 0.1) is 0 Å². The first-order chi connectivity index (χ1) is 7.65. The van der Waals surface area contributed by atoms with Crippen molar-refractivity contribution < 1.29 is 4.42 Å². The summed E-state index contributed by atoms with van der Waals surface area (Å²) in [6.45, 7) is 3.94. The van der Waals surface area contributed by atoms with E-state index in [0.717, 1.165) is 5.56 Å². The molecule has 0 spiro atoms. The SMILES string of the molecule is Cc1cccc(-c2nnc(CC(C)N)o2)c1. The average Bonchev–Trinajstić information content (AvgIpc) is 2.65. The minimum Gasteiger partial charge on any atom is -0.421 e. The first-order valence-corrected chi connectivity index (χ1v) is 5.30. The number of rotatable bonds is 3. The Morgan fingerprint density at radius 3 is 2.88 bits per heavy atom. The first kappa shape index (κ1) is 10.8. The van der Waals surface area contributed by atoms with E-state index in [4.69, 9.17) is 10.2 Å². The lowest BCUT2D eigenvalue weighted by Crippen LogP contribution is -2.17. The van der Waals surface area contributed by atoms with Gasteiger partial charge >= 0.3 is 0 Å². The van der Waals surface area contributed by atoms with Gasteiger partial charge < -0.3 is 10.2 Å². The molecule has 0 bridgehead atoms. The van der Waals surface area contributed by atoms with Gasteiger partial charge in [0.2, 0.25) is 11.8 Å². The molecule has 1 heterocycles. The van der Waals surface area contributed by atoms with Crippen LogP contribution in [0.2, 0.25) is 0 Å². The van der Waals surface area contributed by atoms with Crippen LogP contribution in [-0.2, 0) is 6.42 Å². The van der Waals surface area contributed by atoms with E-state index in [-0.39, 0.29) is 6.04 Å². The van der Waals surface area contributed by atoms with E-state index in [1.54, 1.807) is 0 Å². The molecule has 0 fully saturated rings. The van der Waals surface area contributed by atoms with Gasteiger partial charge in [0, 0.05) is 18.0 Å². The third-order valence-electron chi connectivity index (χ3n) is 2.23. The monoisotopic (exact) mass is 217 g/mol. The summed E-state index contributed by atoms with van der Waals surface area (Å²) >= 11 is 0. The van der Waals surface area contributed by atoms with Crippen molar-refractivity contribution in [3.63, 3.8) is 0 Å². The Kier molecular flexibility index (Phi) is 3.01. The van der Waals surface area contributed by atoms with Crippen molar-refractivity contribution in [2.45, 2.75) is 26.3 Å². The Morgan fingerprint density at radius 2 is 2.19 bits per heavy atom. The summed E-state index contributed by atoms with van der Waals surface area (Å²) in [5.41, 5.74) is 7.79. The van der Waals surface area contributed by atoms with Gasteiger partial charge in [-0.05, 0) is 26.0 Å². The van der Waals surface area contributed by atoms with Crippen LogP contribution in [0.15, 0.2) is 28.7 Å². The molecule has 0 aliphatic heterocycles. The van der Waals surface area contributed by atoms with Crippen LogP contribution < -0.4 is 5.73 Å². The van der Waals surface area contributed by atoms with Crippen LogP contribution in [0, 0.1) is 6.92 Å². The lowest BCUT2D eigenvalue weighted by molar-refractivity contribution is 0.487. The molecule has 2 rings (SSSR count). The van der Waals surface area contributed by atoms with Crippen molar-refractivity contribution >= 4 is 0 Å². The molecule has 0 saturated carbocycles. The minimum absolute atomic E-state index is 0.0332. The molecule has 1 atom stereocenters. The van der Waals surface area contributed by atoms with Crippen molar-refractivity contribution in [2.24, 2.45) is 5.73 Å². The fourth-order valence-electron chi connectivity index (χ4n) is 1.51. The van der Waals surface area contributed by atoms with E-state index < -0.39 is 0 Å². The zero-order valence-electron chi connectivity index (χ0n) is 9.47. The molecule has 0 saturated heterocycles. The summed E-state index contributed by atoms with van der Waals surface area (Å²) in [5.74, 6) is 1.14. The fraction of sp³-hybridized carbons (Fsp3) is 0.333. The molecular formula is C12H15N3O. The first-order valence-electron chi connectivity index (χ1n) is 5.30. The van der Waals surface area contributed by atoms with Gasteiger partial charge in [-0.2, -0.15) is 0 Å². The molecular weight excluding hydrogens is 202 g/mol. The number of nitrogens with two attached hydrogens (primary N) is 1. The fourth-order valence-corrected chi connectivity index (χ4v) is 1.51. The second kappa shape index (κ2) is 4.45. The van der Waals surface area contributed by atoms with Crippen molar-refractivity contribution in [3.8, 4) is 11.5 Å². The van der Waals surface area contributed by atoms with E-state index in [9.17, 15) is 0 Å². The van der Waals surface area contributed by atoms with Crippen molar-refractivity contribution in [1.82, 2.24) is 10.2 Å².